The van der Waals surface area contributed by atoms with Crippen LogP contribution in [0.5, 0.6) is 0 Å². The molecule has 2 N–H and O–H groups in total. The van der Waals surface area contributed by atoms with Crippen LogP contribution < -0.4 is 10.6 Å². The Labute approximate surface area is 153 Å². The average Bonchev–Trinajstić information content (AvgIpc) is 2.45. The Hall–Kier alpha value is -1.75. The zero-order valence-electron chi connectivity index (χ0n) is 11.9. The number of urea groups is 1. The maximum Gasteiger partial charge on any atom is 0.446 e. The van der Waals surface area contributed by atoms with Crippen LogP contribution in [0.4, 0.5) is 23.7 Å². The first kappa shape index (κ1) is 18.6. The lowest BCUT2D eigenvalue weighted by Crippen LogP contribution is -2.34. The van der Waals surface area contributed by atoms with Gasteiger partial charge in [-0.15, -0.1) is 0 Å². The molecule has 0 unspecified atom stereocenters. The van der Waals surface area contributed by atoms with Crippen LogP contribution in [0.2, 0.25) is 0 Å². The van der Waals surface area contributed by atoms with Crippen molar-refractivity contribution in [3.8, 4) is 0 Å². The van der Waals surface area contributed by atoms with Gasteiger partial charge >= 0.3 is 11.5 Å². The van der Waals surface area contributed by atoms with Crippen LogP contribution in [0.25, 0.3) is 0 Å². The smallest absolute Gasteiger partial charge is 0.308 e. The number of anilines is 1. The van der Waals surface area contributed by atoms with Gasteiger partial charge in [0.15, 0.2) is 0 Å². The molecule has 9 heteroatoms. The number of halogens is 4. The molecular formula is C15H10F3IN2O2S. The van der Waals surface area contributed by atoms with Gasteiger partial charge in [0, 0.05) is 14.2 Å². The summed E-state index contributed by atoms with van der Waals surface area (Å²) in [5.74, 6) is -0.599. The standard InChI is InChI=1S/C15H10F3IN2O2S/c16-15(17,18)24-10-5-3-4-9(8-10)20-14(23)21-13(22)11-6-1-2-7-12(11)19/h1-8H,(H2,20,21,22,23). The number of alkyl halides is 3. The second kappa shape index (κ2) is 7.88. The molecule has 24 heavy (non-hydrogen) atoms. The monoisotopic (exact) mass is 466 g/mol. The van der Waals surface area contributed by atoms with Crippen LogP contribution in [-0.2, 0) is 0 Å². The van der Waals surface area contributed by atoms with Crippen molar-refractivity contribution in [3.05, 3.63) is 57.7 Å². The van der Waals surface area contributed by atoms with E-state index in [0.29, 0.717) is 9.13 Å². The molecule has 0 spiro atoms. The summed E-state index contributed by atoms with van der Waals surface area (Å²) in [6.07, 6.45) is 0. The molecule has 2 aromatic carbocycles. The lowest BCUT2D eigenvalue weighted by atomic mass is 10.2. The van der Waals surface area contributed by atoms with Crippen molar-refractivity contribution in [3.63, 3.8) is 0 Å². The molecule has 0 fully saturated rings. The van der Waals surface area contributed by atoms with Crippen LogP contribution in [-0.4, -0.2) is 17.4 Å². The number of carbonyl (C=O) groups excluding carboxylic acids is 2. The molecule has 0 aromatic heterocycles. The third kappa shape index (κ3) is 5.71. The van der Waals surface area contributed by atoms with E-state index in [0.717, 1.165) is 0 Å². The van der Waals surface area contributed by atoms with Gasteiger partial charge in [0.1, 0.15) is 0 Å². The number of hydrogen-bond donors (Lipinski definition) is 2. The van der Waals surface area contributed by atoms with Crippen molar-refractivity contribution in [2.24, 2.45) is 0 Å². The van der Waals surface area contributed by atoms with Crippen LogP contribution in [0.15, 0.2) is 53.4 Å². The Morgan fingerprint density at radius 2 is 1.75 bits per heavy atom. The fourth-order valence-corrected chi connectivity index (χ4v) is 2.98. The zero-order valence-corrected chi connectivity index (χ0v) is 14.8. The first-order chi connectivity index (χ1) is 11.2. The summed E-state index contributed by atoms with van der Waals surface area (Å²) in [6.45, 7) is 0. The molecule has 0 saturated heterocycles. The van der Waals surface area contributed by atoms with Gasteiger partial charge in [0.05, 0.1) is 5.56 Å². The van der Waals surface area contributed by atoms with Gasteiger partial charge in [0.2, 0.25) is 0 Å². The first-order valence-corrected chi connectivity index (χ1v) is 8.37. The molecule has 0 aliphatic rings. The number of rotatable bonds is 3. The van der Waals surface area contributed by atoms with E-state index in [2.05, 4.69) is 10.6 Å². The molecule has 0 bridgehead atoms. The van der Waals surface area contributed by atoms with Gasteiger partial charge in [-0.3, -0.25) is 10.1 Å². The molecule has 0 aliphatic heterocycles. The first-order valence-electron chi connectivity index (χ1n) is 6.47. The summed E-state index contributed by atoms with van der Waals surface area (Å²) in [6, 6.07) is 11.1. The van der Waals surface area contributed by atoms with E-state index in [-0.39, 0.29) is 22.3 Å². The molecule has 0 radical (unpaired) electrons. The summed E-state index contributed by atoms with van der Waals surface area (Å²) in [7, 11) is 0. The van der Waals surface area contributed by atoms with Crippen LogP contribution in [0, 0.1) is 3.57 Å². The molecule has 0 atom stereocenters. The van der Waals surface area contributed by atoms with Gasteiger partial charge in [-0.25, -0.2) is 4.79 Å². The summed E-state index contributed by atoms with van der Waals surface area (Å²) in [4.78, 5) is 23.8. The minimum absolute atomic E-state index is 0.0655. The summed E-state index contributed by atoms with van der Waals surface area (Å²) in [5.41, 5.74) is -3.94. The molecule has 0 saturated carbocycles. The van der Waals surface area contributed by atoms with Gasteiger partial charge in [-0.1, -0.05) is 18.2 Å². The number of amides is 3. The summed E-state index contributed by atoms with van der Waals surface area (Å²) in [5, 5.41) is 4.46. The molecule has 0 heterocycles. The van der Waals surface area contributed by atoms with Crippen molar-refractivity contribution in [2.75, 3.05) is 5.32 Å². The maximum atomic E-state index is 12.4. The topological polar surface area (TPSA) is 58.2 Å². The minimum atomic E-state index is -4.42. The predicted octanol–water partition coefficient (Wildman–Crippen LogP) is 4.87. The highest BCUT2D eigenvalue weighted by Crippen LogP contribution is 2.37. The second-order valence-corrected chi connectivity index (χ2v) is 6.76. The highest BCUT2D eigenvalue weighted by atomic mass is 127. The largest absolute Gasteiger partial charge is 0.446 e. The van der Waals surface area contributed by atoms with Crippen LogP contribution in [0.1, 0.15) is 10.4 Å². The van der Waals surface area contributed by atoms with E-state index in [4.69, 9.17) is 0 Å². The SMILES string of the molecule is O=C(NC(=O)c1ccccc1I)Nc1cccc(SC(F)(F)F)c1. The van der Waals surface area contributed by atoms with Gasteiger partial charge in [-0.2, -0.15) is 13.2 Å². The quantitative estimate of drug-likeness (QED) is 0.502. The van der Waals surface area contributed by atoms with Crippen molar-refractivity contribution in [2.45, 2.75) is 10.4 Å². The third-order valence-electron chi connectivity index (χ3n) is 2.67. The van der Waals surface area contributed by atoms with Gasteiger partial charge in [0.25, 0.3) is 5.91 Å². The fourth-order valence-electron chi connectivity index (χ4n) is 1.75. The number of hydrogen-bond acceptors (Lipinski definition) is 3. The Bertz CT molecular complexity index is 768. The van der Waals surface area contributed by atoms with Crippen molar-refractivity contribution >= 4 is 52.0 Å². The molecular weight excluding hydrogens is 456 g/mol. The van der Waals surface area contributed by atoms with Gasteiger partial charge in [-0.05, 0) is 64.7 Å². The van der Waals surface area contributed by atoms with Crippen LogP contribution >= 0.6 is 34.4 Å². The van der Waals surface area contributed by atoms with Crippen LogP contribution in [0.3, 0.4) is 0 Å². The Balaban J connectivity index is 2.01. The fraction of sp³-hybridized carbons (Fsp3) is 0.0667. The number of carbonyl (C=O) groups is 2. The number of thioether (sulfide) groups is 1. The van der Waals surface area contributed by atoms with E-state index in [9.17, 15) is 22.8 Å². The highest BCUT2D eigenvalue weighted by Gasteiger charge is 2.29. The summed E-state index contributed by atoms with van der Waals surface area (Å²) < 4.78 is 37.7. The molecule has 0 aliphatic carbocycles. The Morgan fingerprint density at radius 3 is 2.42 bits per heavy atom. The molecule has 3 amide bonds. The van der Waals surface area contributed by atoms with Gasteiger partial charge < -0.3 is 5.32 Å². The predicted molar refractivity (Wildman–Crippen MR) is 94.0 cm³/mol. The maximum absolute atomic E-state index is 12.4. The Kier molecular flexibility index (Phi) is 6.10. The average molecular weight is 466 g/mol. The molecule has 4 nitrogen and oxygen atoms in total. The van der Waals surface area contributed by atoms with Crippen molar-refractivity contribution in [1.29, 1.82) is 0 Å². The van der Waals surface area contributed by atoms with E-state index in [1.54, 1.807) is 24.3 Å². The number of benzene rings is 2. The molecule has 2 rings (SSSR count). The molecule has 2 aromatic rings. The number of nitrogens with one attached hydrogen (secondary N) is 2. The van der Waals surface area contributed by atoms with Crippen molar-refractivity contribution in [1.82, 2.24) is 5.32 Å². The zero-order chi connectivity index (χ0) is 17.7. The van der Waals surface area contributed by atoms with Crippen molar-refractivity contribution < 1.29 is 22.8 Å². The lowest BCUT2D eigenvalue weighted by Gasteiger charge is -2.10. The van der Waals surface area contributed by atoms with E-state index in [1.807, 2.05) is 22.6 Å². The lowest BCUT2D eigenvalue weighted by molar-refractivity contribution is -0.0328. The number of imide groups is 1. The normalized spacial score (nSPS) is 11.0. The molecule has 126 valence electrons. The van der Waals surface area contributed by atoms with E-state index < -0.39 is 17.4 Å². The van der Waals surface area contributed by atoms with E-state index in [1.165, 1.54) is 24.3 Å². The van der Waals surface area contributed by atoms with E-state index >= 15 is 0 Å². The summed E-state index contributed by atoms with van der Waals surface area (Å²) >= 11 is 1.68. The second-order valence-electron chi connectivity index (χ2n) is 4.46. The third-order valence-corrected chi connectivity index (χ3v) is 4.33. The minimum Gasteiger partial charge on any atom is -0.308 e. The highest BCUT2D eigenvalue weighted by molar-refractivity contribution is 14.1. The Morgan fingerprint density at radius 1 is 1.04 bits per heavy atom.